The zero-order valence-corrected chi connectivity index (χ0v) is 8.19. The van der Waals surface area contributed by atoms with Crippen LogP contribution in [-0.2, 0) is 0 Å². The zero-order chi connectivity index (χ0) is 10.8. The predicted molar refractivity (Wildman–Crippen MR) is 55.3 cm³/mol. The van der Waals surface area contributed by atoms with Gasteiger partial charge in [0.15, 0.2) is 5.82 Å². The minimum Gasteiger partial charge on any atom is -0.368 e. The van der Waals surface area contributed by atoms with Gasteiger partial charge >= 0.3 is 0 Å². The Labute approximate surface area is 89.2 Å². The van der Waals surface area contributed by atoms with E-state index in [4.69, 9.17) is 17.3 Å². The highest BCUT2D eigenvalue weighted by molar-refractivity contribution is 6.28. The minimum atomic E-state index is -0.202. The summed E-state index contributed by atoms with van der Waals surface area (Å²) in [7, 11) is 0. The van der Waals surface area contributed by atoms with E-state index < -0.39 is 0 Å². The summed E-state index contributed by atoms with van der Waals surface area (Å²) in [5, 5.41) is 0.0173. The van der Waals surface area contributed by atoms with Crippen LogP contribution in [0.3, 0.4) is 0 Å². The number of nitrogens with one attached hydrogen (secondary N) is 1. The van der Waals surface area contributed by atoms with Crippen LogP contribution in [0.25, 0.3) is 11.4 Å². The molecule has 0 radical (unpaired) electrons. The van der Waals surface area contributed by atoms with E-state index in [0.717, 1.165) is 0 Å². The third kappa shape index (κ3) is 2.10. The molecule has 2 rings (SSSR count). The highest BCUT2D eigenvalue weighted by atomic mass is 35.5. The second kappa shape index (κ2) is 3.66. The third-order valence-electron chi connectivity index (χ3n) is 1.67. The van der Waals surface area contributed by atoms with Crippen LogP contribution >= 0.6 is 11.6 Å². The second-order valence-corrected chi connectivity index (χ2v) is 3.07. The normalized spacial score (nSPS) is 10.2. The van der Waals surface area contributed by atoms with Crippen molar-refractivity contribution in [1.82, 2.24) is 19.9 Å². The summed E-state index contributed by atoms with van der Waals surface area (Å²) in [5.74, 6) is 0.361. The van der Waals surface area contributed by atoms with E-state index in [1.54, 1.807) is 6.07 Å². The second-order valence-electron chi connectivity index (χ2n) is 2.73. The van der Waals surface area contributed by atoms with E-state index in [1.807, 2.05) is 0 Å². The predicted octanol–water partition coefficient (Wildman–Crippen LogP) is 0.462. The lowest BCUT2D eigenvalue weighted by atomic mass is 10.3. The van der Waals surface area contributed by atoms with Gasteiger partial charge < -0.3 is 10.7 Å². The quantitative estimate of drug-likeness (QED) is 0.732. The first-order chi connectivity index (χ1) is 7.15. The molecule has 2 aromatic rings. The van der Waals surface area contributed by atoms with Gasteiger partial charge in [0.1, 0.15) is 0 Å². The Morgan fingerprint density at radius 1 is 1.27 bits per heavy atom. The fraction of sp³-hybridized carbons (Fsp3) is 0. The molecule has 0 aliphatic carbocycles. The molecule has 0 fully saturated rings. The lowest BCUT2D eigenvalue weighted by molar-refractivity contribution is 1.07. The standard InChI is InChI=1S/C8H6ClN5O/c9-7-12-6(13-8(10)14-7)4-1-2-5(15)11-3-4/h1-3H,(H,11,15)(H2,10,12,13,14). The van der Waals surface area contributed by atoms with Gasteiger partial charge in [0, 0.05) is 17.8 Å². The van der Waals surface area contributed by atoms with Crippen molar-refractivity contribution in [2.45, 2.75) is 0 Å². The van der Waals surface area contributed by atoms with Crippen molar-refractivity contribution in [3.05, 3.63) is 34.0 Å². The lowest BCUT2D eigenvalue weighted by Crippen LogP contribution is -2.04. The number of aromatic amines is 1. The Hall–Kier alpha value is -1.95. The number of H-pyrrole nitrogens is 1. The molecule has 3 N–H and O–H groups in total. The summed E-state index contributed by atoms with van der Waals surface area (Å²) in [4.78, 5) is 24.7. The average molecular weight is 224 g/mol. The maximum atomic E-state index is 10.8. The highest BCUT2D eigenvalue weighted by Gasteiger charge is 2.04. The van der Waals surface area contributed by atoms with Crippen LogP contribution in [0.1, 0.15) is 0 Å². The average Bonchev–Trinajstić information content (AvgIpc) is 2.17. The van der Waals surface area contributed by atoms with Crippen LogP contribution in [0, 0.1) is 0 Å². The van der Waals surface area contributed by atoms with Crippen LogP contribution in [0.15, 0.2) is 23.1 Å². The summed E-state index contributed by atoms with van der Waals surface area (Å²) >= 11 is 5.62. The Kier molecular flexibility index (Phi) is 2.34. The van der Waals surface area contributed by atoms with Gasteiger partial charge in [-0.15, -0.1) is 0 Å². The number of pyridine rings is 1. The SMILES string of the molecule is Nc1nc(Cl)nc(-c2ccc(=O)[nH]c2)n1. The van der Waals surface area contributed by atoms with Crippen LogP contribution < -0.4 is 11.3 Å². The molecule has 0 bridgehead atoms. The Balaban J connectivity index is 2.53. The van der Waals surface area contributed by atoms with Gasteiger partial charge in [-0.1, -0.05) is 0 Å². The number of anilines is 1. The zero-order valence-electron chi connectivity index (χ0n) is 7.44. The molecule has 0 aliphatic heterocycles. The van der Waals surface area contributed by atoms with Crippen molar-refractivity contribution in [2.24, 2.45) is 0 Å². The van der Waals surface area contributed by atoms with Crippen molar-refractivity contribution in [1.29, 1.82) is 0 Å². The first-order valence-corrected chi connectivity index (χ1v) is 4.39. The van der Waals surface area contributed by atoms with E-state index in [2.05, 4.69) is 19.9 Å². The number of rotatable bonds is 1. The Morgan fingerprint density at radius 3 is 2.67 bits per heavy atom. The highest BCUT2D eigenvalue weighted by Crippen LogP contribution is 2.14. The van der Waals surface area contributed by atoms with E-state index in [1.165, 1.54) is 12.3 Å². The molecule has 0 aromatic carbocycles. The molecule has 15 heavy (non-hydrogen) atoms. The van der Waals surface area contributed by atoms with Gasteiger partial charge in [-0.2, -0.15) is 15.0 Å². The number of nitrogen functional groups attached to an aromatic ring is 1. The fourth-order valence-electron chi connectivity index (χ4n) is 1.04. The maximum absolute atomic E-state index is 10.8. The molecule has 76 valence electrons. The summed E-state index contributed by atoms with van der Waals surface area (Å²) in [6.07, 6.45) is 1.48. The number of hydrogen-bond donors (Lipinski definition) is 2. The summed E-state index contributed by atoms with van der Waals surface area (Å²) in [5.41, 5.74) is 5.82. The number of hydrogen-bond acceptors (Lipinski definition) is 5. The van der Waals surface area contributed by atoms with Crippen molar-refractivity contribution in [3.63, 3.8) is 0 Å². The number of aromatic nitrogens is 4. The molecular weight excluding hydrogens is 218 g/mol. The van der Waals surface area contributed by atoms with Crippen molar-refractivity contribution in [3.8, 4) is 11.4 Å². The Bertz CT molecular complexity index is 512. The molecule has 0 aliphatic rings. The number of nitrogens with zero attached hydrogens (tertiary/aromatic N) is 3. The molecule has 2 aromatic heterocycles. The lowest BCUT2D eigenvalue weighted by Gasteiger charge is -2.00. The Morgan fingerprint density at radius 2 is 2.07 bits per heavy atom. The third-order valence-corrected chi connectivity index (χ3v) is 1.84. The minimum absolute atomic E-state index is 0.0173. The van der Waals surface area contributed by atoms with E-state index in [0.29, 0.717) is 11.4 Å². The van der Waals surface area contributed by atoms with Crippen LogP contribution in [-0.4, -0.2) is 19.9 Å². The first kappa shape index (κ1) is 9.60. The molecule has 0 spiro atoms. The van der Waals surface area contributed by atoms with E-state index >= 15 is 0 Å². The summed E-state index contributed by atoms with van der Waals surface area (Å²) in [6.45, 7) is 0. The van der Waals surface area contributed by atoms with E-state index in [9.17, 15) is 4.79 Å². The molecule has 0 amide bonds. The topological polar surface area (TPSA) is 97.5 Å². The van der Waals surface area contributed by atoms with Crippen molar-refractivity contribution in [2.75, 3.05) is 5.73 Å². The van der Waals surface area contributed by atoms with Gasteiger partial charge in [-0.3, -0.25) is 4.79 Å². The van der Waals surface area contributed by atoms with Crippen LogP contribution in [0.2, 0.25) is 5.28 Å². The van der Waals surface area contributed by atoms with Crippen molar-refractivity contribution >= 4 is 17.5 Å². The number of halogens is 1. The van der Waals surface area contributed by atoms with Gasteiger partial charge in [-0.05, 0) is 17.7 Å². The molecule has 2 heterocycles. The molecule has 6 nitrogen and oxygen atoms in total. The van der Waals surface area contributed by atoms with Gasteiger partial charge in [0.25, 0.3) is 0 Å². The molecular formula is C8H6ClN5O. The van der Waals surface area contributed by atoms with Gasteiger partial charge in [-0.25, -0.2) is 0 Å². The van der Waals surface area contributed by atoms with Crippen LogP contribution in [0.4, 0.5) is 5.95 Å². The smallest absolute Gasteiger partial charge is 0.247 e. The monoisotopic (exact) mass is 223 g/mol. The molecule has 0 unspecified atom stereocenters. The molecule has 0 saturated carbocycles. The maximum Gasteiger partial charge on any atom is 0.247 e. The van der Waals surface area contributed by atoms with Gasteiger partial charge in [0.05, 0.1) is 0 Å². The van der Waals surface area contributed by atoms with Crippen LogP contribution in [0.5, 0.6) is 0 Å². The summed E-state index contributed by atoms with van der Waals surface area (Å²) < 4.78 is 0. The summed E-state index contributed by atoms with van der Waals surface area (Å²) in [6, 6.07) is 2.94. The molecule has 0 saturated heterocycles. The largest absolute Gasteiger partial charge is 0.368 e. The number of nitrogens with two attached hydrogens (primary N) is 1. The van der Waals surface area contributed by atoms with Gasteiger partial charge in [0.2, 0.25) is 16.8 Å². The molecule has 7 heteroatoms. The first-order valence-electron chi connectivity index (χ1n) is 4.01. The van der Waals surface area contributed by atoms with Crippen molar-refractivity contribution < 1.29 is 0 Å². The van der Waals surface area contributed by atoms with E-state index in [-0.39, 0.29) is 16.8 Å². The fourth-order valence-corrected chi connectivity index (χ4v) is 1.21. The molecule has 0 atom stereocenters.